The predicted molar refractivity (Wildman–Crippen MR) is 74.5 cm³/mol. The molecule has 0 spiro atoms. The average molecular weight is 291 g/mol. The lowest BCUT2D eigenvalue weighted by atomic mass is 10.1. The molecule has 2 aromatic rings. The number of aryl methyl sites for hydroxylation is 1. The lowest BCUT2D eigenvalue weighted by Crippen LogP contribution is -2.15. The van der Waals surface area contributed by atoms with Crippen LogP contribution in [0.25, 0.3) is 0 Å². The SMILES string of the molecule is COc1c(C)cnc(COC(=O)Cn2cnc(N)n2)c1C. The van der Waals surface area contributed by atoms with Crippen LogP contribution in [0.5, 0.6) is 5.75 Å². The van der Waals surface area contributed by atoms with Gasteiger partial charge in [0.1, 0.15) is 25.2 Å². The van der Waals surface area contributed by atoms with Gasteiger partial charge < -0.3 is 15.2 Å². The van der Waals surface area contributed by atoms with Gasteiger partial charge in [0.2, 0.25) is 5.95 Å². The van der Waals surface area contributed by atoms with E-state index in [2.05, 4.69) is 15.1 Å². The van der Waals surface area contributed by atoms with Crippen LogP contribution in [0.3, 0.4) is 0 Å². The second-order valence-electron chi connectivity index (χ2n) is 4.51. The Hall–Kier alpha value is -2.64. The molecule has 0 aliphatic heterocycles. The van der Waals surface area contributed by atoms with Crippen molar-refractivity contribution in [3.05, 3.63) is 29.3 Å². The summed E-state index contributed by atoms with van der Waals surface area (Å²) in [6.45, 7) is 3.81. The Balaban J connectivity index is 1.98. The molecule has 0 saturated heterocycles. The third kappa shape index (κ3) is 3.47. The summed E-state index contributed by atoms with van der Waals surface area (Å²) in [5.74, 6) is 0.421. The second kappa shape index (κ2) is 6.21. The minimum atomic E-state index is -0.444. The number of carbonyl (C=O) groups is 1. The number of hydrogen-bond acceptors (Lipinski definition) is 7. The highest BCUT2D eigenvalue weighted by molar-refractivity contribution is 5.69. The van der Waals surface area contributed by atoms with E-state index in [0.717, 1.165) is 16.9 Å². The summed E-state index contributed by atoms with van der Waals surface area (Å²) in [5, 5.41) is 3.81. The molecule has 2 N–H and O–H groups in total. The van der Waals surface area contributed by atoms with Crippen LogP contribution in [0.4, 0.5) is 5.95 Å². The fourth-order valence-corrected chi connectivity index (χ4v) is 1.93. The third-order valence-corrected chi connectivity index (χ3v) is 2.96. The van der Waals surface area contributed by atoms with Gasteiger partial charge in [0.15, 0.2) is 0 Å². The predicted octanol–water partition coefficient (Wildman–Crippen LogP) is 0.624. The number of methoxy groups -OCH3 is 1. The largest absolute Gasteiger partial charge is 0.496 e. The van der Waals surface area contributed by atoms with Gasteiger partial charge in [-0.1, -0.05) is 0 Å². The number of nitrogen functional groups attached to an aromatic ring is 1. The standard InChI is InChI=1S/C13H17N5O3/c1-8-4-15-10(9(2)12(8)20-3)6-21-11(19)5-18-7-16-13(14)17-18/h4,7H,5-6H2,1-3H3,(H2,14,17). The minimum Gasteiger partial charge on any atom is -0.496 e. The van der Waals surface area contributed by atoms with Crippen molar-refractivity contribution in [1.29, 1.82) is 0 Å². The maximum absolute atomic E-state index is 11.7. The summed E-state index contributed by atoms with van der Waals surface area (Å²) in [4.78, 5) is 19.7. The van der Waals surface area contributed by atoms with Crippen molar-refractivity contribution < 1.29 is 14.3 Å². The number of anilines is 1. The molecule has 0 aliphatic rings. The van der Waals surface area contributed by atoms with Gasteiger partial charge in [-0.2, -0.15) is 0 Å². The van der Waals surface area contributed by atoms with E-state index in [4.69, 9.17) is 15.2 Å². The monoisotopic (exact) mass is 291 g/mol. The molecular weight excluding hydrogens is 274 g/mol. The third-order valence-electron chi connectivity index (χ3n) is 2.96. The van der Waals surface area contributed by atoms with Gasteiger partial charge in [-0.25, -0.2) is 9.67 Å². The topological polar surface area (TPSA) is 105 Å². The molecule has 0 radical (unpaired) electrons. The van der Waals surface area contributed by atoms with E-state index in [1.54, 1.807) is 13.3 Å². The first-order valence-electron chi connectivity index (χ1n) is 6.31. The zero-order valence-corrected chi connectivity index (χ0v) is 12.2. The van der Waals surface area contributed by atoms with E-state index < -0.39 is 5.97 Å². The van der Waals surface area contributed by atoms with Crippen LogP contribution in [0.15, 0.2) is 12.5 Å². The number of carbonyl (C=O) groups excluding carboxylic acids is 1. The van der Waals surface area contributed by atoms with E-state index in [0.29, 0.717) is 5.69 Å². The normalized spacial score (nSPS) is 10.4. The Labute approximate surface area is 121 Å². The molecule has 2 aromatic heterocycles. The molecule has 0 aliphatic carbocycles. The van der Waals surface area contributed by atoms with Crippen molar-refractivity contribution in [2.45, 2.75) is 27.0 Å². The van der Waals surface area contributed by atoms with Crippen LogP contribution in [-0.4, -0.2) is 32.8 Å². The molecule has 0 saturated carbocycles. The summed E-state index contributed by atoms with van der Waals surface area (Å²) in [7, 11) is 1.60. The Morgan fingerprint density at radius 3 is 2.76 bits per heavy atom. The summed E-state index contributed by atoms with van der Waals surface area (Å²) in [6, 6.07) is 0. The highest BCUT2D eigenvalue weighted by Crippen LogP contribution is 2.24. The fourth-order valence-electron chi connectivity index (χ4n) is 1.93. The molecule has 8 nitrogen and oxygen atoms in total. The summed E-state index contributed by atoms with van der Waals surface area (Å²) in [6.07, 6.45) is 3.06. The maximum atomic E-state index is 11.7. The lowest BCUT2D eigenvalue weighted by molar-refractivity contribution is -0.146. The molecule has 0 fully saturated rings. The Morgan fingerprint density at radius 1 is 1.38 bits per heavy atom. The van der Waals surface area contributed by atoms with Crippen molar-refractivity contribution in [3.63, 3.8) is 0 Å². The van der Waals surface area contributed by atoms with E-state index in [9.17, 15) is 4.79 Å². The number of rotatable bonds is 5. The minimum absolute atomic E-state index is 0.0494. The molecular formula is C13H17N5O3. The van der Waals surface area contributed by atoms with Crippen LogP contribution in [0.1, 0.15) is 16.8 Å². The van der Waals surface area contributed by atoms with Crippen molar-refractivity contribution >= 4 is 11.9 Å². The van der Waals surface area contributed by atoms with Gasteiger partial charge in [0.25, 0.3) is 0 Å². The zero-order chi connectivity index (χ0) is 15.4. The van der Waals surface area contributed by atoms with Gasteiger partial charge in [0.05, 0.1) is 12.8 Å². The number of hydrogen-bond donors (Lipinski definition) is 1. The molecule has 0 bridgehead atoms. The zero-order valence-electron chi connectivity index (χ0n) is 12.2. The van der Waals surface area contributed by atoms with Crippen molar-refractivity contribution in [1.82, 2.24) is 19.7 Å². The Morgan fingerprint density at radius 2 is 2.14 bits per heavy atom. The van der Waals surface area contributed by atoms with Crippen LogP contribution in [0, 0.1) is 13.8 Å². The first kappa shape index (κ1) is 14.8. The Kier molecular flexibility index (Phi) is 4.36. The molecule has 0 unspecified atom stereocenters. The molecule has 0 amide bonds. The number of pyridine rings is 1. The molecule has 2 heterocycles. The van der Waals surface area contributed by atoms with Gasteiger partial charge in [-0.05, 0) is 13.8 Å². The number of esters is 1. The number of aromatic nitrogens is 4. The van der Waals surface area contributed by atoms with Gasteiger partial charge in [0, 0.05) is 17.3 Å². The first-order chi connectivity index (χ1) is 10.0. The highest BCUT2D eigenvalue weighted by Gasteiger charge is 2.12. The van der Waals surface area contributed by atoms with Crippen molar-refractivity contribution in [2.24, 2.45) is 0 Å². The average Bonchev–Trinajstić information content (AvgIpc) is 2.84. The van der Waals surface area contributed by atoms with Gasteiger partial charge >= 0.3 is 5.97 Å². The maximum Gasteiger partial charge on any atom is 0.328 e. The molecule has 112 valence electrons. The molecule has 0 atom stereocenters. The van der Waals surface area contributed by atoms with Crippen LogP contribution < -0.4 is 10.5 Å². The van der Waals surface area contributed by atoms with Gasteiger partial charge in [-0.15, -0.1) is 5.10 Å². The van der Waals surface area contributed by atoms with E-state index >= 15 is 0 Å². The Bertz CT molecular complexity index is 653. The van der Waals surface area contributed by atoms with Crippen LogP contribution >= 0.6 is 0 Å². The van der Waals surface area contributed by atoms with E-state index in [1.165, 1.54) is 11.0 Å². The number of nitrogens with two attached hydrogens (primary N) is 1. The number of nitrogens with zero attached hydrogens (tertiary/aromatic N) is 4. The van der Waals surface area contributed by atoms with E-state index in [-0.39, 0.29) is 19.1 Å². The van der Waals surface area contributed by atoms with Crippen LogP contribution in [-0.2, 0) is 22.7 Å². The second-order valence-corrected chi connectivity index (χ2v) is 4.51. The van der Waals surface area contributed by atoms with Crippen molar-refractivity contribution in [2.75, 3.05) is 12.8 Å². The lowest BCUT2D eigenvalue weighted by Gasteiger charge is -2.12. The molecule has 2 rings (SSSR count). The first-order valence-corrected chi connectivity index (χ1v) is 6.31. The molecule has 0 aromatic carbocycles. The van der Waals surface area contributed by atoms with E-state index in [1.807, 2.05) is 13.8 Å². The molecule has 21 heavy (non-hydrogen) atoms. The summed E-state index contributed by atoms with van der Waals surface area (Å²) in [5.41, 5.74) is 7.81. The smallest absolute Gasteiger partial charge is 0.328 e. The highest BCUT2D eigenvalue weighted by atomic mass is 16.5. The van der Waals surface area contributed by atoms with Gasteiger partial charge in [-0.3, -0.25) is 9.78 Å². The number of ether oxygens (including phenoxy) is 2. The summed E-state index contributed by atoms with van der Waals surface area (Å²) >= 11 is 0. The van der Waals surface area contributed by atoms with Crippen molar-refractivity contribution in [3.8, 4) is 5.75 Å². The quantitative estimate of drug-likeness (QED) is 0.805. The fraction of sp³-hybridized carbons (Fsp3) is 0.385. The van der Waals surface area contributed by atoms with Crippen LogP contribution in [0.2, 0.25) is 0 Å². The summed E-state index contributed by atoms with van der Waals surface area (Å²) < 4.78 is 11.8. The molecule has 8 heteroatoms.